The van der Waals surface area contributed by atoms with Crippen LogP contribution >= 0.6 is 0 Å². The molecule has 0 bridgehead atoms. The minimum Gasteiger partial charge on any atom is -0.461 e. The summed E-state index contributed by atoms with van der Waals surface area (Å²) in [5, 5.41) is 11.6. The molecule has 1 fully saturated rings. The molecule has 0 saturated carbocycles. The molecule has 254 valence electrons. The molecule has 1 N–H and O–H groups in total. The number of ether oxygens (including phenoxy) is 6. The smallest absolute Gasteiger partial charge is 0.343 e. The summed E-state index contributed by atoms with van der Waals surface area (Å²) in [6, 6.07) is 41.2. The second kappa shape index (κ2) is 16.5. The largest absolute Gasteiger partial charge is 0.461 e. The third-order valence-electron chi connectivity index (χ3n) is 7.81. The van der Waals surface area contributed by atoms with Gasteiger partial charge in [-0.05, 0) is 59.7 Å². The highest BCUT2D eigenvalue weighted by molar-refractivity contribution is 5.91. The first-order valence-corrected chi connectivity index (χ1v) is 15.9. The lowest BCUT2D eigenvalue weighted by molar-refractivity contribution is -0.281. The van der Waals surface area contributed by atoms with Crippen LogP contribution in [0.1, 0.15) is 31.8 Å². The van der Waals surface area contributed by atoms with E-state index in [4.69, 9.17) is 28.4 Å². The molecule has 10 nitrogen and oxygen atoms in total. The Morgan fingerprint density at radius 2 is 1.08 bits per heavy atom. The molecule has 0 amide bonds. The summed E-state index contributed by atoms with van der Waals surface area (Å²) in [7, 11) is 0. The number of hydrogen-bond donors (Lipinski definition) is 1. The van der Waals surface area contributed by atoms with Crippen molar-refractivity contribution in [2.75, 3.05) is 0 Å². The number of carbonyl (C=O) groups is 3. The Bertz CT molecular complexity index is 1830. The summed E-state index contributed by atoms with van der Waals surface area (Å²) in [6.07, 6.45) is -7.27. The first-order valence-electron chi connectivity index (χ1n) is 15.9. The molecule has 10 heteroatoms. The Balaban J connectivity index is 1.26. The van der Waals surface area contributed by atoms with Gasteiger partial charge in [-0.3, -0.25) is 0 Å². The van der Waals surface area contributed by atoms with E-state index >= 15 is 0 Å². The zero-order valence-corrected chi connectivity index (χ0v) is 26.8. The molecule has 1 saturated heterocycles. The van der Waals surface area contributed by atoms with Crippen LogP contribution in [-0.2, 0) is 37.0 Å². The fourth-order valence-corrected chi connectivity index (χ4v) is 5.23. The zero-order chi connectivity index (χ0) is 34.7. The van der Waals surface area contributed by atoms with E-state index < -0.39 is 48.6 Å². The van der Waals surface area contributed by atoms with Crippen molar-refractivity contribution >= 4 is 17.9 Å². The highest BCUT2D eigenvalue weighted by Gasteiger charge is 2.52. The van der Waals surface area contributed by atoms with Gasteiger partial charge in [-0.2, -0.15) is 0 Å². The van der Waals surface area contributed by atoms with Crippen LogP contribution in [0, 0.1) is 0 Å². The monoisotopic (exact) mass is 674 g/mol. The number of benzene rings is 5. The van der Waals surface area contributed by atoms with E-state index in [2.05, 4.69) is 0 Å². The summed E-state index contributed by atoms with van der Waals surface area (Å²) in [5.74, 6) is -1.64. The van der Waals surface area contributed by atoms with Gasteiger partial charge in [0.05, 0.1) is 17.7 Å². The van der Waals surface area contributed by atoms with E-state index in [0.717, 1.165) is 11.1 Å². The summed E-state index contributed by atoms with van der Waals surface area (Å²) in [6.45, 7) is -0.0508. The van der Waals surface area contributed by atoms with Crippen LogP contribution in [0.25, 0.3) is 0 Å². The standard InChI is InChI=1S/C40H34O10/c41-33-34(45-25-27-13-5-1-6-14-27)36(49-38(43)30-19-11-4-12-20-30)40(50-35(33)39(44)46-26-28-15-7-2-8-16-28)48-32-23-21-31(22-24-32)47-37(42)29-17-9-3-10-18-29/h1-24,33-36,40-41H,25-26H2/t33-,34-,35-,36+,40+/m0/s1. The molecule has 0 aromatic heterocycles. The van der Waals surface area contributed by atoms with Gasteiger partial charge in [0.1, 0.15) is 30.3 Å². The lowest BCUT2D eigenvalue weighted by Crippen LogP contribution is -2.63. The first-order chi connectivity index (χ1) is 24.4. The normalized spacial score (nSPS) is 19.9. The van der Waals surface area contributed by atoms with Crippen molar-refractivity contribution in [3.8, 4) is 11.5 Å². The molecule has 1 aliphatic heterocycles. The number of aliphatic hydroxyl groups excluding tert-OH is 1. The van der Waals surface area contributed by atoms with Crippen molar-refractivity contribution in [3.63, 3.8) is 0 Å². The Morgan fingerprint density at radius 3 is 1.66 bits per heavy atom. The average Bonchev–Trinajstić information content (AvgIpc) is 3.17. The Labute approximate surface area is 288 Å². The van der Waals surface area contributed by atoms with Crippen LogP contribution < -0.4 is 9.47 Å². The van der Waals surface area contributed by atoms with E-state index in [-0.39, 0.29) is 30.3 Å². The third kappa shape index (κ3) is 8.80. The van der Waals surface area contributed by atoms with Gasteiger partial charge < -0.3 is 33.5 Å². The molecule has 1 heterocycles. The molecule has 0 unspecified atom stereocenters. The molecular weight excluding hydrogens is 640 g/mol. The van der Waals surface area contributed by atoms with E-state index in [0.29, 0.717) is 5.56 Å². The van der Waals surface area contributed by atoms with Crippen molar-refractivity contribution in [2.24, 2.45) is 0 Å². The molecule has 0 aliphatic carbocycles. The maximum Gasteiger partial charge on any atom is 0.343 e. The summed E-state index contributed by atoms with van der Waals surface area (Å²) in [4.78, 5) is 39.4. The third-order valence-corrected chi connectivity index (χ3v) is 7.81. The van der Waals surface area contributed by atoms with Crippen molar-refractivity contribution in [3.05, 3.63) is 168 Å². The number of rotatable bonds is 12. The fraction of sp³-hybridized carbons (Fsp3) is 0.175. The fourth-order valence-electron chi connectivity index (χ4n) is 5.23. The van der Waals surface area contributed by atoms with Gasteiger partial charge in [-0.25, -0.2) is 14.4 Å². The molecule has 0 radical (unpaired) electrons. The minimum absolute atomic E-state index is 0.0158. The number of esters is 3. The maximum absolute atomic E-state index is 13.4. The maximum atomic E-state index is 13.4. The van der Waals surface area contributed by atoms with Crippen LogP contribution in [0.3, 0.4) is 0 Å². The van der Waals surface area contributed by atoms with Gasteiger partial charge >= 0.3 is 17.9 Å². The predicted octanol–water partition coefficient (Wildman–Crippen LogP) is 5.92. The molecule has 1 aliphatic rings. The van der Waals surface area contributed by atoms with Crippen LogP contribution in [0.15, 0.2) is 146 Å². The van der Waals surface area contributed by atoms with Crippen LogP contribution in [0.4, 0.5) is 0 Å². The topological polar surface area (TPSA) is 127 Å². The number of carbonyl (C=O) groups excluding carboxylic acids is 3. The van der Waals surface area contributed by atoms with Crippen LogP contribution in [0.2, 0.25) is 0 Å². The molecule has 5 aromatic carbocycles. The van der Waals surface area contributed by atoms with Crippen LogP contribution in [-0.4, -0.2) is 53.7 Å². The van der Waals surface area contributed by atoms with Gasteiger partial charge in [0.2, 0.25) is 6.29 Å². The lowest BCUT2D eigenvalue weighted by atomic mass is 9.98. The molecular formula is C40H34O10. The molecule has 0 spiro atoms. The van der Waals surface area contributed by atoms with Crippen LogP contribution in [0.5, 0.6) is 11.5 Å². The van der Waals surface area contributed by atoms with Gasteiger partial charge in [0.15, 0.2) is 12.2 Å². The first kappa shape index (κ1) is 34.1. The predicted molar refractivity (Wildman–Crippen MR) is 180 cm³/mol. The Morgan fingerprint density at radius 1 is 0.580 bits per heavy atom. The average molecular weight is 675 g/mol. The quantitative estimate of drug-likeness (QED) is 0.126. The molecule has 5 atom stereocenters. The van der Waals surface area contributed by atoms with Crippen molar-refractivity contribution in [1.82, 2.24) is 0 Å². The summed E-state index contributed by atoms with van der Waals surface area (Å²) >= 11 is 0. The van der Waals surface area contributed by atoms with Crippen molar-refractivity contribution < 1.29 is 47.9 Å². The van der Waals surface area contributed by atoms with E-state index in [1.807, 2.05) is 48.5 Å². The molecule has 5 aromatic rings. The highest BCUT2D eigenvalue weighted by atomic mass is 16.7. The van der Waals surface area contributed by atoms with Gasteiger partial charge in [-0.1, -0.05) is 97.1 Å². The van der Waals surface area contributed by atoms with Gasteiger partial charge in [0, 0.05) is 0 Å². The minimum atomic E-state index is -1.62. The Hall–Kier alpha value is -5.81. The second-order valence-electron chi connectivity index (χ2n) is 11.4. The summed E-state index contributed by atoms with van der Waals surface area (Å²) in [5.41, 5.74) is 2.15. The molecule has 6 rings (SSSR count). The van der Waals surface area contributed by atoms with E-state index in [9.17, 15) is 19.5 Å². The highest BCUT2D eigenvalue weighted by Crippen LogP contribution is 2.31. The molecule has 50 heavy (non-hydrogen) atoms. The lowest BCUT2D eigenvalue weighted by Gasteiger charge is -2.42. The zero-order valence-electron chi connectivity index (χ0n) is 26.8. The second-order valence-corrected chi connectivity index (χ2v) is 11.4. The summed E-state index contributed by atoms with van der Waals surface area (Å²) < 4.78 is 35.4. The Kier molecular flexibility index (Phi) is 11.3. The SMILES string of the molecule is O=C(Oc1ccc(O[C@@H]2O[C@H](C(=O)OCc3ccccc3)[C@@H](O)[C@H](OCc3ccccc3)[C@H]2OC(=O)c2ccccc2)cc1)c1ccccc1. The van der Waals surface area contributed by atoms with Crippen molar-refractivity contribution in [2.45, 2.75) is 43.9 Å². The van der Waals surface area contributed by atoms with E-state index in [1.54, 1.807) is 72.8 Å². The number of aliphatic hydroxyl groups is 1. The number of hydrogen-bond acceptors (Lipinski definition) is 10. The van der Waals surface area contributed by atoms with E-state index in [1.165, 1.54) is 24.3 Å². The van der Waals surface area contributed by atoms with Gasteiger partial charge in [0.25, 0.3) is 0 Å². The van der Waals surface area contributed by atoms with Gasteiger partial charge in [-0.15, -0.1) is 0 Å². The van der Waals surface area contributed by atoms with Crippen molar-refractivity contribution in [1.29, 1.82) is 0 Å².